The van der Waals surface area contributed by atoms with E-state index in [1.165, 1.54) is 0 Å². The van der Waals surface area contributed by atoms with E-state index in [0.29, 0.717) is 0 Å². The van der Waals surface area contributed by atoms with Crippen LogP contribution in [-0.2, 0) is 9.47 Å². The van der Waals surface area contributed by atoms with E-state index in [9.17, 15) is 35.7 Å². The van der Waals surface area contributed by atoms with E-state index < -0.39 is 67.3 Å². The third-order valence-electron chi connectivity index (χ3n) is 5.26. The topological polar surface area (TPSA) is 180 Å². The Morgan fingerprint density at radius 2 is 1.48 bits per heavy atom. The summed E-state index contributed by atoms with van der Waals surface area (Å²) in [4.78, 5) is 0. The highest BCUT2D eigenvalue weighted by Crippen LogP contribution is 2.33. The van der Waals surface area contributed by atoms with Gasteiger partial charge in [-0.2, -0.15) is 0 Å². The van der Waals surface area contributed by atoms with Gasteiger partial charge in [-0.25, -0.2) is 0 Å². The molecule has 0 aromatic heterocycles. The van der Waals surface area contributed by atoms with E-state index in [0.717, 1.165) is 0 Å². The summed E-state index contributed by atoms with van der Waals surface area (Å²) >= 11 is 0. The highest BCUT2D eigenvalue weighted by atomic mass is 16.6. The number of hydrogen-bond acceptors (Lipinski definition) is 10. The molecule has 2 rings (SSSR count). The van der Waals surface area contributed by atoms with Gasteiger partial charge in [0.15, 0.2) is 0 Å². The molecule has 2 fully saturated rings. The lowest BCUT2D eigenvalue weighted by Gasteiger charge is -2.40. The van der Waals surface area contributed by atoms with Gasteiger partial charge in [0.1, 0.15) is 30.0 Å². The molecule has 8 N–H and O–H groups in total. The first-order valence-corrected chi connectivity index (χ1v) is 8.29. The van der Waals surface area contributed by atoms with Gasteiger partial charge in [0.25, 0.3) is 0 Å². The van der Waals surface area contributed by atoms with Crippen molar-refractivity contribution < 1.29 is 50.3 Å². The van der Waals surface area contributed by atoms with Crippen LogP contribution in [0.15, 0.2) is 0 Å². The lowest BCUT2D eigenvalue weighted by molar-refractivity contribution is -0.175. The van der Waals surface area contributed by atoms with Crippen LogP contribution in [0.4, 0.5) is 0 Å². The second kappa shape index (κ2) is 8.53. The van der Waals surface area contributed by atoms with E-state index in [2.05, 4.69) is 0 Å². The SMILES string of the molecule is OCC1C[C@H](COC[C@]2(CO)O[C@H](CO)C(O)[C@H]2O)C(O)[C@H](O)[C@@H]1O. The lowest BCUT2D eigenvalue weighted by atomic mass is 9.76. The Morgan fingerprint density at radius 1 is 0.840 bits per heavy atom. The van der Waals surface area contributed by atoms with Gasteiger partial charge < -0.3 is 50.3 Å². The van der Waals surface area contributed by atoms with Crippen LogP contribution in [-0.4, -0.2) is 116 Å². The molecule has 9 atom stereocenters. The predicted octanol–water partition coefficient (Wildman–Crippen LogP) is -4.44. The van der Waals surface area contributed by atoms with Gasteiger partial charge in [-0.1, -0.05) is 0 Å². The number of hydrogen-bond donors (Lipinski definition) is 8. The summed E-state index contributed by atoms with van der Waals surface area (Å²) in [5.41, 5.74) is -1.61. The first-order chi connectivity index (χ1) is 11.8. The van der Waals surface area contributed by atoms with Crippen molar-refractivity contribution in [3.05, 3.63) is 0 Å². The maximum absolute atomic E-state index is 10.1. The van der Waals surface area contributed by atoms with Crippen molar-refractivity contribution in [2.75, 3.05) is 33.0 Å². The molecule has 0 amide bonds. The van der Waals surface area contributed by atoms with Crippen molar-refractivity contribution in [1.29, 1.82) is 0 Å². The maximum Gasteiger partial charge on any atom is 0.143 e. The molecular weight excluding hydrogens is 340 g/mol. The molecule has 1 saturated carbocycles. The Morgan fingerprint density at radius 3 is 2.00 bits per heavy atom. The number of aliphatic hydroxyl groups is 8. The van der Waals surface area contributed by atoms with E-state index in [1.54, 1.807) is 0 Å². The van der Waals surface area contributed by atoms with Gasteiger partial charge in [-0.15, -0.1) is 0 Å². The van der Waals surface area contributed by atoms with E-state index in [4.69, 9.17) is 14.6 Å². The van der Waals surface area contributed by atoms with E-state index in [-0.39, 0.29) is 26.2 Å². The minimum Gasteiger partial charge on any atom is -0.396 e. The quantitative estimate of drug-likeness (QED) is 0.218. The molecule has 148 valence electrons. The molecule has 2 aliphatic rings. The average Bonchev–Trinajstić information content (AvgIpc) is 2.86. The fraction of sp³-hybridized carbons (Fsp3) is 1.00. The standard InChI is InChI=1S/C15H28O10/c16-2-7-1-8(11(20)13(22)10(7)19)4-24-6-15(5-18)14(23)12(21)9(3-17)25-15/h7-14,16-23H,1-6H2/t7?,8-,9-,10-,11?,12?,13-,14-,15+/m1/s1. The van der Waals surface area contributed by atoms with Crippen LogP contribution in [0.25, 0.3) is 0 Å². The van der Waals surface area contributed by atoms with Crippen LogP contribution < -0.4 is 0 Å². The number of aliphatic hydroxyl groups excluding tert-OH is 8. The van der Waals surface area contributed by atoms with Crippen LogP contribution in [0, 0.1) is 11.8 Å². The molecule has 10 nitrogen and oxygen atoms in total. The molecule has 1 aliphatic heterocycles. The zero-order valence-corrected chi connectivity index (χ0v) is 13.8. The Hall–Kier alpha value is -0.400. The predicted molar refractivity (Wildman–Crippen MR) is 81.3 cm³/mol. The van der Waals surface area contributed by atoms with Crippen LogP contribution in [0.3, 0.4) is 0 Å². The number of ether oxygens (including phenoxy) is 2. The summed E-state index contributed by atoms with van der Waals surface area (Å²) in [7, 11) is 0. The van der Waals surface area contributed by atoms with Gasteiger partial charge in [0.05, 0.1) is 38.6 Å². The number of rotatable bonds is 7. The first-order valence-electron chi connectivity index (χ1n) is 8.29. The molecule has 3 unspecified atom stereocenters. The minimum absolute atomic E-state index is 0.0842. The maximum atomic E-state index is 10.1. The molecule has 10 heteroatoms. The van der Waals surface area contributed by atoms with Gasteiger partial charge in [0, 0.05) is 18.4 Å². The molecule has 0 aromatic carbocycles. The van der Waals surface area contributed by atoms with Crippen molar-refractivity contribution in [2.45, 2.75) is 48.6 Å². The van der Waals surface area contributed by atoms with Crippen LogP contribution >= 0.6 is 0 Å². The second-order valence-electron chi connectivity index (χ2n) is 6.92. The van der Waals surface area contributed by atoms with Crippen LogP contribution in [0.2, 0.25) is 0 Å². The fourth-order valence-electron chi connectivity index (χ4n) is 3.56. The summed E-state index contributed by atoms with van der Waals surface area (Å²) in [6.07, 6.45) is -7.59. The van der Waals surface area contributed by atoms with Crippen LogP contribution in [0.1, 0.15) is 6.42 Å². The molecule has 0 bridgehead atoms. The van der Waals surface area contributed by atoms with Crippen molar-refractivity contribution >= 4 is 0 Å². The summed E-state index contributed by atoms with van der Waals surface area (Å²) < 4.78 is 10.8. The van der Waals surface area contributed by atoms with Crippen molar-refractivity contribution in [2.24, 2.45) is 11.8 Å². The van der Waals surface area contributed by atoms with Gasteiger partial charge in [-0.3, -0.25) is 0 Å². The van der Waals surface area contributed by atoms with Crippen LogP contribution in [0.5, 0.6) is 0 Å². The van der Waals surface area contributed by atoms with Gasteiger partial charge in [0.2, 0.25) is 0 Å². The molecule has 1 saturated heterocycles. The Balaban J connectivity index is 1.94. The zero-order valence-electron chi connectivity index (χ0n) is 13.8. The Kier molecular flexibility index (Phi) is 7.13. The smallest absolute Gasteiger partial charge is 0.143 e. The average molecular weight is 368 g/mol. The molecule has 1 aliphatic carbocycles. The van der Waals surface area contributed by atoms with Gasteiger partial charge in [-0.05, 0) is 6.42 Å². The minimum atomic E-state index is -1.61. The van der Waals surface area contributed by atoms with Crippen molar-refractivity contribution in [3.63, 3.8) is 0 Å². The Bertz CT molecular complexity index is 421. The summed E-state index contributed by atoms with van der Waals surface area (Å²) in [6, 6.07) is 0. The molecule has 0 aromatic rings. The molecular formula is C15H28O10. The lowest BCUT2D eigenvalue weighted by Crippen LogP contribution is -2.54. The molecule has 0 radical (unpaired) electrons. The van der Waals surface area contributed by atoms with E-state index >= 15 is 0 Å². The fourth-order valence-corrected chi connectivity index (χ4v) is 3.56. The van der Waals surface area contributed by atoms with E-state index in [1.807, 2.05) is 0 Å². The van der Waals surface area contributed by atoms with Crippen molar-refractivity contribution in [3.8, 4) is 0 Å². The molecule has 0 spiro atoms. The zero-order chi connectivity index (χ0) is 18.8. The third-order valence-corrected chi connectivity index (χ3v) is 5.26. The second-order valence-corrected chi connectivity index (χ2v) is 6.92. The highest BCUT2D eigenvalue weighted by Gasteiger charge is 2.54. The molecule has 25 heavy (non-hydrogen) atoms. The highest BCUT2D eigenvalue weighted by molar-refractivity contribution is 5.02. The summed E-state index contributed by atoms with van der Waals surface area (Å²) in [6.45, 7) is -1.95. The Labute approximate surface area is 144 Å². The summed E-state index contributed by atoms with van der Waals surface area (Å²) in [5, 5.41) is 77.5. The largest absolute Gasteiger partial charge is 0.396 e. The monoisotopic (exact) mass is 368 g/mol. The summed E-state index contributed by atoms with van der Waals surface area (Å²) in [5.74, 6) is -1.18. The van der Waals surface area contributed by atoms with Crippen molar-refractivity contribution in [1.82, 2.24) is 0 Å². The third kappa shape index (κ3) is 3.98. The van der Waals surface area contributed by atoms with Gasteiger partial charge >= 0.3 is 0 Å². The normalized spacial score (nSPS) is 48.0. The molecule has 1 heterocycles. The first kappa shape index (κ1) is 20.9.